The predicted molar refractivity (Wildman–Crippen MR) is 218 cm³/mol. The number of hydrogen-bond donors (Lipinski definition) is 2. The van der Waals surface area contributed by atoms with Crippen LogP contribution in [0.25, 0.3) is 22.3 Å². The summed E-state index contributed by atoms with van der Waals surface area (Å²) in [6.45, 7) is 13.8. The molecule has 2 aromatic carbocycles. The van der Waals surface area contributed by atoms with Gasteiger partial charge in [-0.1, -0.05) is 18.6 Å². The van der Waals surface area contributed by atoms with Gasteiger partial charge < -0.3 is 29.8 Å². The molecule has 1 spiro atoms. The van der Waals surface area contributed by atoms with Crippen LogP contribution in [0.3, 0.4) is 0 Å². The summed E-state index contributed by atoms with van der Waals surface area (Å²) in [6, 6.07) is 12.1. The van der Waals surface area contributed by atoms with Gasteiger partial charge in [-0.15, -0.1) is 0 Å². The highest BCUT2D eigenvalue weighted by molar-refractivity contribution is 6.87. The summed E-state index contributed by atoms with van der Waals surface area (Å²) in [7, 11) is 3.19. The van der Waals surface area contributed by atoms with Crippen molar-refractivity contribution in [1.29, 1.82) is 0 Å². The molecule has 2 amide bonds. The molecule has 3 fully saturated rings. The van der Waals surface area contributed by atoms with Crippen molar-refractivity contribution in [1.82, 2.24) is 29.6 Å². The van der Waals surface area contributed by atoms with Crippen molar-refractivity contribution in [3.8, 4) is 11.3 Å². The number of hydrogen-bond acceptors (Lipinski definition) is 7. The summed E-state index contributed by atoms with van der Waals surface area (Å²) in [5, 5.41) is 6.21. The van der Waals surface area contributed by atoms with E-state index in [2.05, 4.69) is 65.0 Å². The molecular weight excluding hydrogens is 677 g/mol. The first-order chi connectivity index (χ1) is 26.0. The van der Waals surface area contributed by atoms with E-state index in [0.717, 1.165) is 73.9 Å². The molecule has 0 bridgehead atoms. The Balaban J connectivity index is 1.19. The Morgan fingerprint density at radius 1 is 1.00 bits per heavy atom. The van der Waals surface area contributed by atoms with Crippen molar-refractivity contribution < 1.29 is 14.0 Å². The standard InChI is InChI=1S/C41H53B2FN8O2/c1-24(2)46-39(53)30-21-34(32(44)17-26(30)5)48-38-37-35(45-23-51(37)25(3)4)22-33(47-38)27-9-10-31-36(18-27)52(29-19-28(20-29)49-13-7-6-8-14-49)40(54)41(31)11-15-50(43-42)16-12-41/h9-10,17-18,21-25,28-29,43H,6-8,11-16,19-20,42H2,1-5H3,(H,46,53)(H,47,48). The summed E-state index contributed by atoms with van der Waals surface area (Å²) in [4.78, 5) is 45.1. The molecule has 2 saturated heterocycles. The van der Waals surface area contributed by atoms with E-state index in [1.807, 2.05) is 24.5 Å². The number of fused-ring (bicyclic) bond motifs is 3. The van der Waals surface area contributed by atoms with Crippen LogP contribution < -0.4 is 15.5 Å². The van der Waals surface area contributed by atoms with Gasteiger partial charge in [-0.3, -0.25) is 9.59 Å². The fraction of sp³-hybridized carbons (Fsp3) is 0.512. The number of aromatic nitrogens is 3. The highest BCUT2D eigenvalue weighted by Gasteiger charge is 2.55. The second-order valence-electron chi connectivity index (χ2n) is 16.7. The molecule has 54 heavy (non-hydrogen) atoms. The molecule has 0 atom stereocenters. The van der Waals surface area contributed by atoms with Crippen molar-refractivity contribution in [3.05, 3.63) is 65.2 Å². The van der Waals surface area contributed by atoms with Crippen LogP contribution in [0.2, 0.25) is 0 Å². The van der Waals surface area contributed by atoms with Crippen LogP contribution in [0.1, 0.15) is 100 Å². The van der Waals surface area contributed by atoms with E-state index in [-0.39, 0.29) is 35.6 Å². The minimum Gasteiger partial charge on any atom is -0.353 e. The maximum absolute atomic E-state index is 15.7. The zero-order valence-electron chi connectivity index (χ0n) is 32.7. The van der Waals surface area contributed by atoms with Gasteiger partial charge in [0.1, 0.15) is 11.3 Å². The lowest BCUT2D eigenvalue weighted by Crippen LogP contribution is -2.58. The van der Waals surface area contributed by atoms with Gasteiger partial charge in [0.05, 0.1) is 36.4 Å². The van der Waals surface area contributed by atoms with Crippen LogP contribution in [-0.4, -0.2) is 95.4 Å². The molecule has 5 heterocycles. The highest BCUT2D eigenvalue weighted by atomic mass is 19.1. The average molecular weight is 731 g/mol. The van der Waals surface area contributed by atoms with Gasteiger partial charge in [-0.25, -0.2) is 14.4 Å². The second-order valence-corrected chi connectivity index (χ2v) is 16.7. The third kappa shape index (κ3) is 6.40. The lowest BCUT2D eigenvalue weighted by Gasteiger charge is -2.48. The molecule has 4 aliphatic rings. The Hall–Kier alpha value is -4.22. The summed E-state index contributed by atoms with van der Waals surface area (Å²) in [5.74, 6) is -0.0132. The number of aryl methyl sites for hydroxylation is 1. The molecule has 10 nitrogen and oxygen atoms in total. The lowest BCUT2D eigenvalue weighted by molar-refractivity contribution is -0.125. The number of piperidine rings is 2. The molecule has 1 saturated carbocycles. The van der Waals surface area contributed by atoms with Crippen LogP contribution >= 0.6 is 0 Å². The Kier molecular flexibility index (Phi) is 9.83. The summed E-state index contributed by atoms with van der Waals surface area (Å²) < 4.78 is 17.7. The number of rotatable bonds is 9. The Morgan fingerprint density at radius 2 is 1.74 bits per heavy atom. The monoisotopic (exact) mass is 730 g/mol. The predicted octanol–water partition coefficient (Wildman–Crippen LogP) is 5.61. The van der Waals surface area contributed by atoms with Crippen LogP contribution in [0.15, 0.2) is 42.7 Å². The maximum Gasteiger partial charge on any atom is 0.251 e. The number of halogens is 1. The van der Waals surface area contributed by atoms with Crippen LogP contribution in [0.4, 0.5) is 21.6 Å². The number of amides is 2. The van der Waals surface area contributed by atoms with Crippen molar-refractivity contribution in [3.63, 3.8) is 0 Å². The first kappa shape index (κ1) is 36.7. The third-order valence-corrected chi connectivity index (χ3v) is 12.6. The number of carbonyl (C=O) groups is 2. The van der Waals surface area contributed by atoms with Crippen molar-refractivity contribution in [2.24, 2.45) is 0 Å². The molecule has 282 valence electrons. The lowest BCUT2D eigenvalue weighted by atomic mass is 9.62. The van der Waals surface area contributed by atoms with Crippen molar-refractivity contribution in [2.75, 3.05) is 36.4 Å². The zero-order chi connectivity index (χ0) is 37.9. The first-order valence-corrected chi connectivity index (χ1v) is 20.2. The van der Waals surface area contributed by atoms with E-state index in [0.29, 0.717) is 28.7 Å². The number of nitrogens with one attached hydrogen (secondary N) is 2. The molecule has 1 aliphatic carbocycles. The summed E-state index contributed by atoms with van der Waals surface area (Å²) in [6.07, 6.45) is 9.32. The van der Waals surface area contributed by atoms with E-state index in [4.69, 9.17) is 9.97 Å². The number of nitrogens with zero attached hydrogens (tertiary/aromatic N) is 6. The van der Waals surface area contributed by atoms with Gasteiger partial charge in [0, 0.05) is 41.0 Å². The van der Waals surface area contributed by atoms with E-state index in [9.17, 15) is 9.59 Å². The fourth-order valence-corrected chi connectivity index (χ4v) is 9.37. The van der Waals surface area contributed by atoms with Gasteiger partial charge >= 0.3 is 0 Å². The molecule has 2 aromatic heterocycles. The second kappa shape index (κ2) is 14.5. The van der Waals surface area contributed by atoms with Crippen LogP contribution in [0, 0.1) is 12.7 Å². The number of likely N-dealkylation sites (tertiary alicyclic amines) is 1. The molecule has 0 unspecified atom stereocenters. The molecule has 0 radical (unpaired) electrons. The normalized spacial score (nSPS) is 21.6. The van der Waals surface area contributed by atoms with E-state index >= 15 is 4.39 Å². The Labute approximate surface area is 319 Å². The van der Waals surface area contributed by atoms with Crippen molar-refractivity contribution >= 4 is 55.1 Å². The van der Waals surface area contributed by atoms with Crippen LogP contribution in [0.5, 0.6) is 0 Å². The van der Waals surface area contributed by atoms with Gasteiger partial charge in [0.2, 0.25) is 5.91 Å². The van der Waals surface area contributed by atoms with Gasteiger partial charge in [-0.2, -0.15) is 0 Å². The zero-order valence-corrected chi connectivity index (χ0v) is 32.7. The minimum absolute atomic E-state index is 0.0605. The van der Waals surface area contributed by atoms with E-state index in [1.54, 1.807) is 19.3 Å². The molecule has 2 N–H and O–H groups in total. The molecule has 8 rings (SSSR count). The van der Waals surface area contributed by atoms with Gasteiger partial charge in [0.15, 0.2) is 13.1 Å². The minimum atomic E-state index is -0.502. The quantitative estimate of drug-likeness (QED) is 0.217. The van der Waals surface area contributed by atoms with Crippen molar-refractivity contribution in [2.45, 2.75) is 109 Å². The Bertz CT molecular complexity index is 2080. The van der Waals surface area contributed by atoms with E-state index < -0.39 is 11.2 Å². The Morgan fingerprint density at radius 3 is 2.43 bits per heavy atom. The highest BCUT2D eigenvalue weighted by Crippen LogP contribution is 2.52. The number of imidazole rings is 1. The van der Waals surface area contributed by atoms with E-state index in [1.165, 1.54) is 38.4 Å². The number of benzene rings is 2. The number of carbonyl (C=O) groups excluding carboxylic acids is 2. The molecule has 4 aromatic rings. The third-order valence-electron chi connectivity index (χ3n) is 12.6. The number of anilines is 3. The molecule has 13 heteroatoms. The first-order valence-electron chi connectivity index (χ1n) is 20.2. The average Bonchev–Trinajstić information content (AvgIpc) is 3.67. The van der Waals surface area contributed by atoms with Crippen LogP contribution in [-0.2, 0) is 10.2 Å². The van der Waals surface area contributed by atoms with Gasteiger partial charge in [0.25, 0.3) is 5.91 Å². The molecule has 3 aliphatic heterocycles. The summed E-state index contributed by atoms with van der Waals surface area (Å²) in [5.41, 5.74) is 5.81. The molecular formula is C41H53B2FN8O2. The SMILES string of the molecule is BBN1CCC2(CC1)C(=O)N(C1CC(N3CCCCC3)C1)c1cc(-c3cc4ncn(C(C)C)c4c(Nc4cc(C(=O)NC(C)C)c(C)cc4F)n3)ccc12. The van der Waals surface area contributed by atoms with Gasteiger partial charge in [-0.05, 0) is 135 Å². The smallest absolute Gasteiger partial charge is 0.251 e. The number of pyridine rings is 1. The topological polar surface area (TPSA) is 98.6 Å². The summed E-state index contributed by atoms with van der Waals surface area (Å²) >= 11 is 0. The fourth-order valence-electron chi connectivity index (χ4n) is 9.37. The largest absolute Gasteiger partial charge is 0.353 e. The maximum atomic E-state index is 15.7.